The van der Waals surface area contributed by atoms with Gasteiger partial charge in [0, 0.05) is 50.4 Å². The number of furan rings is 2. The van der Waals surface area contributed by atoms with Crippen molar-refractivity contribution in [3.63, 3.8) is 0 Å². The summed E-state index contributed by atoms with van der Waals surface area (Å²) in [5.74, 6) is 10.8. The van der Waals surface area contributed by atoms with Gasteiger partial charge in [0.05, 0.1) is 6.26 Å². The number of aryl methyl sites for hydroxylation is 3. The minimum Gasteiger partial charge on any atom is -0.469 e. The maximum Gasteiger partial charge on any atom is 0.159 e. The summed E-state index contributed by atoms with van der Waals surface area (Å²) >= 11 is 2.05. The Kier molecular flexibility index (Phi) is 32.4. The molecule has 80 heavy (non-hydrogen) atoms. The summed E-state index contributed by atoms with van der Waals surface area (Å²) in [7, 11) is 0. The van der Waals surface area contributed by atoms with Crippen molar-refractivity contribution in [1.29, 1.82) is 0 Å². The summed E-state index contributed by atoms with van der Waals surface area (Å²) in [6, 6.07) is 40.9. The molecule has 3 heterocycles. The number of ketones is 1. The van der Waals surface area contributed by atoms with E-state index < -0.39 is 0 Å². The Labute approximate surface area is 493 Å². The third-order valence-corrected chi connectivity index (χ3v) is 15.0. The number of allylic oxidation sites excluding steroid dienone is 4. The second kappa shape index (κ2) is 37.6. The summed E-state index contributed by atoms with van der Waals surface area (Å²) in [5, 5.41) is 0. The average Bonchev–Trinajstić information content (AvgIpc) is 4.23. The number of carbonyl (C=O) groups is 1. The number of rotatable bonds is 19. The topological polar surface area (TPSA) is 46.6 Å². The molecular weight excluding hydrogens is 995 g/mol. The molecule has 6 aromatic rings. The van der Waals surface area contributed by atoms with E-state index in [0.29, 0.717) is 35.9 Å². The van der Waals surface area contributed by atoms with Gasteiger partial charge in [-0.3, -0.25) is 9.69 Å². The van der Waals surface area contributed by atoms with Crippen molar-refractivity contribution >= 4 is 17.5 Å². The summed E-state index contributed by atoms with van der Waals surface area (Å²) in [6.45, 7) is 45.5. The maximum absolute atomic E-state index is 11.6. The molecule has 0 radical (unpaired) electrons. The van der Waals surface area contributed by atoms with Crippen molar-refractivity contribution in [2.75, 3.05) is 24.7 Å². The van der Waals surface area contributed by atoms with E-state index >= 15 is 0 Å². The molecule has 0 saturated carbocycles. The molecule has 2 aliphatic rings. The fraction of sp³-hybridized carbons (Fsp3) is 0.480. The molecule has 1 aliphatic carbocycles. The predicted molar refractivity (Wildman–Crippen MR) is 350 cm³/mol. The molecule has 436 valence electrons. The minimum absolute atomic E-state index is 0.330. The van der Waals surface area contributed by atoms with E-state index in [0.717, 1.165) is 79.1 Å². The van der Waals surface area contributed by atoms with E-state index in [2.05, 4.69) is 244 Å². The maximum atomic E-state index is 11.6. The van der Waals surface area contributed by atoms with Crippen molar-refractivity contribution in [2.24, 2.45) is 41.4 Å². The zero-order valence-corrected chi connectivity index (χ0v) is 53.7. The summed E-state index contributed by atoms with van der Waals surface area (Å²) < 4.78 is 11.1. The van der Waals surface area contributed by atoms with Crippen LogP contribution in [0.25, 0.3) is 0 Å². The Hall–Kier alpha value is -5.36. The fourth-order valence-corrected chi connectivity index (χ4v) is 11.3. The Bertz CT molecular complexity index is 2650. The largest absolute Gasteiger partial charge is 0.469 e. The van der Waals surface area contributed by atoms with Gasteiger partial charge in [-0.25, -0.2) is 0 Å². The van der Waals surface area contributed by atoms with Gasteiger partial charge < -0.3 is 8.83 Å². The van der Waals surface area contributed by atoms with Crippen LogP contribution in [0.4, 0.5) is 0 Å². The van der Waals surface area contributed by atoms with Crippen molar-refractivity contribution < 1.29 is 13.6 Å². The van der Waals surface area contributed by atoms with Crippen LogP contribution in [-0.4, -0.2) is 35.4 Å². The second-order valence-corrected chi connectivity index (χ2v) is 25.9. The highest BCUT2D eigenvalue weighted by Gasteiger charge is 2.30. The normalized spacial score (nSPS) is 14.0. The third-order valence-electron chi connectivity index (χ3n) is 14.0. The minimum atomic E-state index is 0.330. The van der Waals surface area contributed by atoms with Gasteiger partial charge in [-0.15, -0.1) is 24.9 Å². The lowest BCUT2D eigenvalue weighted by Crippen LogP contribution is -2.24. The van der Waals surface area contributed by atoms with E-state index in [1.54, 1.807) is 5.56 Å². The highest BCUT2D eigenvalue weighted by Crippen LogP contribution is 2.35. The van der Waals surface area contributed by atoms with E-state index in [1.807, 2.05) is 30.5 Å². The molecule has 2 aromatic heterocycles. The van der Waals surface area contributed by atoms with Crippen LogP contribution in [0.15, 0.2) is 167 Å². The smallest absolute Gasteiger partial charge is 0.159 e. The van der Waals surface area contributed by atoms with Crippen LogP contribution in [0.2, 0.25) is 0 Å². The molecule has 8 rings (SSSR count). The third kappa shape index (κ3) is 27.9. The molecule has 0 amide bonds. The van der Waals surface area contributed by atoms with Crippen LogP contribution in [0.5, 0.6) is 0 Å². The van der Waals surface area contributed by atoms with Gasteiger partial charge in [0.15, 0.2) is 5.78 Å². The van der Waals surface area contributed by atoms with Gasteiger partial charge in [-0.05, 0) is 170 Å². The van der Waals surface area contributed by atoms with Crippen molar-refractivity contribution in [1.82, 2.24) is 4.90 Å². The van der Waals surface area contributed by atoms with Gasteiger partial charge in [0.1, 0.15) is 17.3 Å². The Morgan fingerprint density at radius 1 is 0.562 bits per heavy atom. The number of carbonyl (C=O) groups excluding carboxylic acids is 1. The summed E-state index contributed by atoms with van der Waals surface area (Å²) in [4.78, 5) is 14.1. The standard InChI is InChI=1S/C17H20.C15H18O.C13H20.C12H18O.C11H16O.C7H15NS/c1-14(2)12-16-8-10-17(11-9-16)13-15-6-4-3-5-7-15;1-12(2)8-14-10-15(16-11-14)9-13-6-4-3-5-7-13;1-9(2)6-13-11(4)7-10(3)8-12(13)5;1-5-6-10-9(4)11(8(2)3)7-12(10)13;1-4-5-10-6-7-11(12-10)8-9(2)3;1-7(2)5-8-3-4-9-6-8/h3-11,14H,12-13H2,1-2H3;3-7,10-12H,8-9H2,1-2H3;7-9H,6H2,1-5H3;5,8,11H,1,6-7H2,2-4H3;4,6-7,9H,1,5,8H2,2-3H3;7H,3-6H2,1-2H3. The molecule has 0 spiro atoms. The SMILES string of the molecule is C=CCC1=C(C)C(C(C)C)CC1=O.C=CCc1ccc(CC(C)C)o1.CC(C)CN1CCSC1.CC(C)Cc1ccc(Cc2ccccc2)cc1.CC(C)Cc1coc(Cc2ccccc2)c1.Cc1cc(C)c(CC(C)C)c(C)c1. The Morgan fingerprint density at radius 2 is 1.07 bits per heavy atom. The lowest BCUT2D eigenvalue weighted by atomic mass is 9.90. The first-order chi connectivity index (χ1) is 38.1. The molecule has 5 heteroatoms. The monoisotopic (exact) mass is 1100 g/mol. The number of hydrogen-bond donors (Lipinski definition) is 0. The molecule has 1 fully saturated rings. The highest BCUT2D eigenvalue weighted by atomic mass is 32.2. The number of hydrogen-bond acceptors (Lipinski definition) is 5. The molecule has 1 aliphatic heterocycles. The Morgan fingerprint density at radius 3 is 1.56 bits per heavy atom. The van der Waals surface area contributed by atoms with Crippen LogP contribution in [0.3, 0.4) is 0 Å². The van der Waals surface area contributed by atoms with E-state index in [4.69, 9.17) is 8.83 Å². The van der Waals surface area contributed by atoms with Gasteiger partial charge in [-0.1, -0.05) is 203 Å². The zero-order chi connectivity index (χ0) is 59.1. The lowest BCUT2D eigenvalue weighted by Gasteiger charge is -2.15. The first kappa shape index (κ1) is 68.9. The molecule has 1 unspecified atom stereocenters. The van der Waals surface area contributed by atoms with E-state index in [9.17, 15) is 4.79 Å². The van der Waals surface area contributed by atoms with Crippen molar-refractivity contribution in [3.05, 3.63) is 225 Å². The molecular formula is C75H107NO3S. The number of thioether (sulfide) groups is 1. The van der Waals surface area contributed by atoms with E-state index in [1.165, 1.54) is 87.6 Å². The molecule has 4 aromatic carbocycles. The van der Waals surface area contributed by atoms with Crippen molar-refractivity contribution in [2.45, 2.75) is 169 Å². The lowest BCUT2D eigenvalue weighted by molar-refractivity contribution is -0.115. The van der Waals surface area contributed by atoms with Gasteiger partial charge in [-0.2, -0.15) is 0 Å². The quantitative estimate of drug-likeness (QED) is 0.0757. The first-order valence-corrected chi connectivity index (χ1v) is 31.3. The summed E-state index contributed by atoms with van der Waals surface area (Å²) in [5.41, 5.74) is 14.9. The molecule has 1 saturated heterocycles. The molecule has 1 atom stereocenters. The molecule has 4 nitrogen and oxygen atoms in total. The van der Waals surface area contributed by atoms with Crippen LogP contribution >= 0.6 is 11.8 Å². The zero-order valence-electron chi connectivity index (χ0n) is 52.9. The van der Waals surface area contributed by atoms with Crippen LogP contribution in [0.1, 0.15) is 170 Å². The number of benzene rings is 4. The van der Waals surface area contributed by atoms with Gasteiger partial charge >= 0.3 is 0 Å². The van der Waals surface area contributed by atoms with Crippen LogP contribution in [0, 0.1) is 62.2 Å². The van der Waals surface area contributed by atoms with Crippen molar-refractivity contribution in [3.8, 4) is 0 Å². The van der Waals surface area contributed by atoms with Gasteiger partial charge in [0.25, 0.3) is 0 Å². The second-order valence-electron chi connectivity index (χ2n) is 24.8. The molecule has 0 N–H and O–H groups in total. The Balaban J connectivity index is 0.000000255. The van der Waals surface area contributed by atoms with Crippen LogP contribution < -0.4 is 0 Å². The first-order valence-electron chi connectivity index (χ1n) is 30.2. The number of nitrogens with zero attached hydrogens (tertiary/aromatic N) is 1. The number of Topliss-reactive ketones (excluding diaryl/α,β-unsaturated/α-hetero) is 1. The average molecular weight is 1100 g/mol. The van der Waals surface area contributed by atoms with Crippen LogP contribution in [-0.2, 0) is 49.7 Å². The fourth-order valence-electron chi connectivity index (χ4n) is 10.3. The molecule has 0 bridgehead atoms. The van der Waals surface area contributed by atoms with E-state index in [-0.39, 0.29) is 0 Å². The highest BCUT2D eigenvalue weighted by molar-refractivity contribution is 7.99. The van der Waals surface area contributed by atoms with Gasteiger partial charge in [0.2, 0.25) is 0 Å². The predicted octanol–water partition coefficient (Wildman–Crippen LogP) is 20.3. The summed E-state index contributed by atoms with van der Waals surface area (Å²) in [6.07, 6.45) is 14.3.